The van der Waals surface area contributed by atoms with Crippen LogP contribution >= 0.6 is 0 Å². The lowest BCUT2D eigenvalue weighted by Gasteiger charge is -2.33. The smallest absolute Gasteiger partial charge is 0.113 e. The molecule has 0 fully saturated rings. The molecule has 0 bridgehead atoms. The van der Waals surface area contributed by atoms with Gasteiger partial charge in [0.25, 0.3) is 0 Å². The third-order valence-corrected chi connectivity index (χ3v) is 4.32. The van der Waals surface area contributed by atoms with E-state index in [9.17, 15) is 10.2 Å². The molecule has 4 atom stereocenters. The summed E-state index contributed by atoms with van der Waals surface area (Å²) >= 11 is 0. The first-order valence-corrected chi connectivity index (χ1v) is 9.34. The summed E-state index contributed by atoms with van der Waals surface area (Å²) in [5.74, 6) is 0. The van der Waals surface area contributed by atoms with Gasteiger partial charge in [0.2, 0.25) is 0 Å². The molecule has 0 aliphatic rings. The number of hydrogen-bond acceptors (Lipinski definition) is 6. The van der Waals surface area contributed by atoms with Crippen molar-refractivity contribution in [3.05, 3.63) is 92.7 Å². The highest BCUT2D eigenvalue weighted by molar-refractivity contribution is 5.14. The van der Waals surface area contributed by atoms with Crippen LogP contribution in [0.1, 0.15) is 11.1 Å². The van der Waals surface area contributed by atoms with Crippen LogP contribution in [0.3, 0.4) is 0 Å². The minimum Gasteiger partial charge on any atom is -0.390 e. The van der Waals surface area contributed by atoms with Crippen molar-refractivity contribution in [3.63, 3.8) is 0 Å². The Hall–Kier alpha value is -3.10. The van der Waals surface area contributed by atoms with E-state index < -0.39 is 24.4 Å². The predicted molar refractivity (Wildman–Crippen MR) is 110 cm³/mol. The number of aliphatic hydroxyl groups is 2. The normalized spacial score (nSPS) is 14.6. The van der Waals surface area contributed by atoms with Crippen molar-refractivity contribution in [2.45, 2.75) is 37.6 Å². The average molecular weight is 412 g/mol. The van der Waals surface area contributed by atoms with Gasteiger partial charge in [0, 0.05) is 9.82 Å². The number of benzene rings is 2. The zero-order chi connectivity index (χ0) is 21.6. The van der Waals surface area contributed by atoms with Crippen molar-refractivity contribution in [1.29, 1.82) is 0 Å². The van der Waals surface area contributed by atoms with Crippen LogP contribution in [-0.4, -0.2) is 47.7 Å². The first-order valence-electron chi connectivity index (χ1n) is 9.34. The van der Waals surface area contributed by atoms with Crippen LogP contribution in [0.2, 0.25) is 0 Å². The first-order chi connectivity index (χ1) is 14.7. The Morgan fingerprint density at radius 2 is 1.07 bits per heavy atom. The Kier molecular flexibility index (Phi) is 10.2. The van der Waals surface area contributed by atoms with E-state index in [1.807, 2.05) is 60.7 Å². The summed E-state index contributed by atoms with van der Waals surface area (Å²) in [6.07, 6.45) is -4.57. The second-order valence-corrected chi connectivity index (χ2v) is 6.48. The fourth-order valence-electron chi connectivity index (χ4n) is 2.83. The Morgan fingerprint density at radius 1 is 0.700 bits per heavy atom. The molecule has 0 heterocycles. The molecule has 0 amide bonds. The van der Waals surface area contributed by atoms with Crippen LogP contribution in [0.4, 0.5) is 0 Å². The lowest BCUT2D eigenvalue weighted by Crippen LogP contribution is -2.49. The molecule has 0 aliphatic heterocycles. The van der Waals surface area contributed by atoms with Gasteiger partial charge in [-0.15, -0.1) is 0 Å². The van der Waals surface area contributed by atoms with Crippen molar-refractivity contribution >= 4 is 0 Å². The minimum atomic E-state index is -1.24. The Bertz CT molecular complexity index is 769. The maximum atomic E-state index is 10.6. The van der Waals surface area contributed by atoms with E-state index in [1.54, 1.807) is 0 Å². The number of rotatable bonds is 13. The van der Waals surface area contributed by atoms with Gasteiger partial charge in [-0.05, 0) is 22.2 Å². The highest BCUT2D eigenvalue weighted by atomic mass is 16.6. The second-order valence-electron chi connectivity index (χ2n) is 6.48. The Labute approximate surface area is 173 Å². The zero-order valence-electron chi connectivity index (χ0n) is 16.3. The van der Waals surface area contributed by atoms with Crippen LogP contribution in [-0.2, 0) is 22.7 Å². The molecule has 0 unspecified atom stereocenters. The molecule has 2 N–H and O–H groups in total. The second kappa shape index (κ2) is 13.2. The Balaban J connectivity index is 2.22. The minimum absolute atomic E-state index is 0.137. The molecule has 0 aromatic heterocycles. The fourth-order valence-corrected chi connectivity index (χ4v) is 2.83. The van der Waals surface area contributed by atoms with Crippen molar-refractivity contribution in [1.82, 2.24) is 0 Å². The summed E-state index contributed by atoms with van der Waals surface area (Å²) in [7, 11) is 0. The molecule has 2 aromatic carbocycles. The summed E-state index contributed by atoms with van der Waals surface area (Å²) in [5, 5.41) is 28.0. The largest absolute Gasteiger partial charge is 0.390 e. The molecule has 30 heavy (non-hydrogen) atoms. The van der Waals surface area contributed by atoms with E-state index in [1.165, 1.54) is 0 Å². The summed E-state index contributed by atoms with van der Waals surface area (Å²) < 4.78 is 11.8. The first kappa shape index (κ1) is 23.2. The van der Waals surface area contributed by atoms with Gasteiger partial charge in [-0.3, -0.25) is 0 Å². The van der Waals surface area contributed by atoms with Gasteiger partial charge in [-0.25, -0.2) is 0 Å². The molecule has 10 nitrogen and oxygen atoms in total. The molecule has 0 saturated heterocycles. The molecule has 158 valence electrons. The topological polar surface area (TPSA) is 156 Å². The van der Waals surface area contributed by atoms with Gasteiger partial charge < -0.3 is 19.7 Å². The molecular weight excluding hydrogens is 388 g/mol. The van der Waals surface area contributed by atoms with Crippen LogP contribution < -0.4 is 0 Å². The van der Waals surface area contributed by atoms with Crippen molar-refractivity contribution in [2.24, 2.45) is 10.2 Å². The average Bonchev–Trinajstić information content (AvgIpc) is 2.79. The number of aliphatic hydroxyl groups excluding tert-OH is 2. The molecule has 0 saturated carbocycles. The van der Waals surface area contributed by atoms with Gasteiger partial charge in [0.1, 0.15) is 12.2 Å². The maximum absolute atomic E-state index is 10.6. The lowest BCUT2D eigenvalue weighted by atomic mass is 10.0. The molecule has 0 radical (unpaired) electrons. The molecule has 2 aromatic rings. The van der Waals surface area contributed by atoms with Crippen LogP contribution in [0.5, 0.6) is 0 Å². The van der Waals surface area contributed by atoms with E-state index in [2.05, 4.69) is 20.1 Å². The highest BCUT2D eigenvalue weighted by Crippen LogP contribution is 2.19. The maximum Gasteiger partial charge on any atom is 0.113 e. The predicted octanol–water partition coefficient (Wildman–Crippen LogP) is 3.50. The third kappa shape index (κ3) is 7.73. The summed E-state index contributed by atoms with van der Waals surface area (Å²) in [6, 6.07) is 18.6. The Morgan fingerprint density at radius 3 is 1.40 bits per heavy atom. The van der Waals surface area contributed by atoms with Crippen molar-refractivity contribution in [3.8, 4) is 0 Å². The number of nitrogens with zero attached hydrogens (tertiary/aromatic N) is 6. The van der Waals surface area contributed by atoms with Crippen LogP contribution in [0.25, 0.3) is 20.9 Å². The molecule has 0 aliphatic carbocycles. The van der Waals surface area contributed by atoms with Gasteiger partial charge in [-0.1, -0.05) is 70.9 Å². The number of hydrogen-bond donors (Lipinski definition) is 2. The van der Waals surface area contributed by atoms with E-state index in [0.717, 1.165) is 11.1 Å². The quantitative estimate of drug-likeness (QED) is 0.293. The van der Waals surface area contributed by atoms with Crippen molar-refractivity contribution in [2.75, 3.05) is 13.1 Å². The number of azide groups is 2. The monoisotopic (exact) mass is 412 g/mol. The lowest BCUT2D eigenvalue weighted by molar-refractivity contribution is -0.161. The van der Waals surface area contributed by atoms with E-state index >= 15 is 0 Å². The molecule has 0 spiro atoms. The molecule has 2 rings (SSSR count). The number of ether oxygens (including phenoxy) is 2. The van der Waals surface area contributed by atoms with E-state index in [4.69, 9.17) is 20.5 Å². The zero-order valence-corrected chi connectivity index (χ0v) is 16.3. The standard InChI is InChI=1S/C20H24N6O4/c21-25-23-11-17(27)19(29-13-15-7-3-1-4-8-15)20(18(28)12-24-26-22)30-14-16-9-5-2-6-10-16/h1-10,17-20,27-28H,11-14H2/t17-,18-,19-,20-/m1/s1. The van der Waals surface area contributed by atoms with Crippen LogP contribution in [0.15, 0.2) is 70.9 Å². The van der Waals surface area contributed by atoms with Gasteiger partial charge in [-0.2, -0.15) is 0 Å². The van der Waals surface area contributed by atoms with Gasteiger partial charge in [0.15, 0.2) is 0 Å². The van der Waals surface area contributed by atoms with Gasteiger partial charge >= 0.3 is 0 Å². The summed E-state index contributed by atoms with van der Waals surface area (Å²) in [4.78, 5) is 5.33. The van der Waals surface area contributed by atoms with Gasteiger partial charge in [0.05, 0.1) is 38.5 Å². The fraction of sp³-hybridized carbons (Fsp3) is 0.400. The highest BCUT2D eigenvalue weighted by Gasteiger charge is 2.35. The SMILES string of the molecule is [N-]=[N+]=NC[C@@H](O)[C@@H](OCc1ccccc1)[C@H](OCc1ccccc1)[C@H](O)CN=[N+]=[N-]. The molecule has 10 heteroatoms. The summed E-state index contributed by atoms with van der Waals surface area (Å²) in [5.41, 5.74) is 18.9. The molecular formula is C20H24N6O4. The summed E-state index contributed by atoms with van der Waals surface area (Å²) in [6.45, 7) is -0.263. The van der Waals surface area contributed by atoms with Crippen molar-refractivity contribution < 1.29 is 19.7 Å². The van der Waals surface area contributed by atoms with Crippen LogP contribution in [0, 0.1) is 0 Å². The van der Waals surface area contributed by atoms with E-state index in [-0.39, 0.29) is 26.3 Å². The third-order valence-electron chi connectivity index (χ3n) is 4.32. The van der Waals surface area contributed by atoms with E-state index in [0.29, 0.717) is 0 Å².